The van der Waals surface area contributed by atoms with Crippen LogP contribution in [0.2, 0.25) is 5.02 Å². The molecule has 1 heterocycles. The minimum atomic E-state index is -4.32. The van der Waals surface area contributed by atoms with E-state index in [0.717, 1.165) is 43.6 Å². The van der Waals surface area contributed by atoms with E-state index in [1.54, 1.807) is 38.1 Å². The summed E-state index contributed by atoms with van der Waals surface area (Å²) in [6.45, 7) is 5.53. The molecule has 31 heavy (non-hydrogen) atoms. The van der Waals surface area contributed by atoms with Crippen LogP contribution in [0.25, 0.3) is 0 Å². The van der Waals surface area contributed by atoms with Crippen molar-refractivity contribution in [1.29, 1.82) is 0 Å². The molecule has 1 N–H and O–H groups in total. The van der Waals surface area contributed by atoms with Gasteiger partial charge in [-0.3, -0.25) is 9.69 Å². The second kappa shape index (κ2) is 9.49. The Morgan fingerprint density at radius 3 is 2.19 bits per heavy atom. The van der Waals surface area contributed by atoms with E-state index >= 15 is 0 Å². The third-order valence-electron chi connectivity index (χ3n) is 5.34. The Morgan fingerprint density at radius 2 is 1.65 bits per heavy atom. The van der Waals surface area contributed by atoms with Crippen LogP contribution >= 0.6 is 11.6 Å². The highest BCUT2D eigenvalue weighted by atomic mass is 35.5. The Labute approximate surface area is 185 Å². The standard InChI is InChI=1S/C23H26ClF3N2O2/c1-22(2,31-20-9-7-18(24)8-10-20)21(30)28-19-11-13-29(14-12-19)15-16-3-5-17(6-4-16)23(25,26)27/h3-10,19H,11-15H2,1-2H3,(H,28,30). The van der Waals surface area contributed by atoms with Crippen molar-refractivity contribution >= 4 is 17.5 Å². The lowest BCUT2D eigenvalue weighted by molar-refractivity contribution is -0.137. The quantitative estimate of drug-likeness (QED) is 0.644. The highest BCUT2D eigenvalue weighted by Crippen LogP contribution is 2.29. The lowest BCUT2D eigenvalue weighted by Crippen LogP contribution is -2.52. The maximum atomic E-state index is 12.7. The summed E-state index contributed by atoms with van der Waals surface area (Å²) in [5, 5.41) is 3.65. The first-order valence-corrected chi connectivity index (χ1v) is 10.5. The molecule has 4 nitrogen and oxygen atoms in total. The molecule has 1 fully saturated rings. The number of nitrogens with zero attached hydrogens (tertiary/aromatic N) is 1. The SMILES string of the molecule is CC(C)(Oc1ccc(Cl)cc1)C(=O)NC1CCN(Cc2ccc(C(F)(F)F)cc2)CC1. The van der Waals surface area contributed by atoms with Gasteiger partial charge in [0.05, 0.1) is 5.56 Å². The summed E-state index contributed by atoms with van der Waals surface area (Å²) in [5.74, 6) is 0.375. The zero-order chi connectivity index (χ0) is 22.6. The van der Waals surface area contributed by atoms with Crippen LogP contribution in [0.15, 0.2) is 48.5 Å². The molecule has 1 saturated heterocycles. The van der Waals surface area contributed by atoms with E-state index in [2.05, 4.69) is 10.2 Å². The maximum absolute atomic E-state index is 12.7. The Hall–Kier alpha value is -2.25. The van der Waals surface area contributed by atoms with Gasteiger partial charge >= 0.3 is 6.18 Å². The molecule has 0 radical (unpaired) electrons. The molecule has 1 aliphatic heterocycles. The Kier molecular flexibility index (Phi) is 7.17. The van der Waals surface area contributed by atoms with Crippen molar-refractivity contribution in [3.63, 3.8) is 0 Å². The minimum Gasteiger partial charge on any atom is -0.478 e. The van der Waals surface area contributed by atoms with Gasteiger partial charge in [0, 0.05) is 30.7 Å². The van der Waals surface area contributed by atoms with Gasteiger partial charge in [0.15, 0.2) is 5.60 Å². The number of halogens is 4. The van der Waals surface area contributed by atoms with Crippen molar-refractivity contribution in [2.75, 3.05) is 13.1 Å². The van der Waals surface area contributed by atoms with E-state index in [4.69, 9.17) is 16.3 Å². The van der Waals surface area contributed by atoms with Crippen LogP contribution in [-0.4, -0.2) is 35.5 Å². The number of nitrogens with one attached hydrogen (secondary N) is 1. The Morgan fingerprint density at radius 1 is 1.06 bits per heavy atom. The lowest BCUT2D eigenvalue weighted by atomic mass is 10.0. The molecule has 1 amide bonds. The number of hydrogen-bond donors (Lipinski definition) is 1. The zero-order valence-corrected chi connectivity index (χ0v) is 18.3. The number of carbonyl (C=O) groups excluding carboxylic acids is 1. The molecule has 0 saturated carbocycles. The summed E-state index contributed by atoms with van der Waals surface area (Å²) in [4.78, 5) is 14.9. The zero-order valence-electron chi connectivity index (χ0n) is 17.5. The van der Waals surface area contributed by atoms with E-state index in [0.29, 0.717) is 17.3 Å². The number of ether oxygens (including phenoxy) is 1. The van der Waals surface area contributed by atoms with Gasteiger partial charge in [-0.1, -0.05) is 23.7 Å². The average molecular weight is 455 g/mol. The molecular weight excluding hydrogens is 429 g/mol. The van der Waals surface area contributed by atoms with Gasteiger partial charge < -0.3 is 10.1 Å². The number of hydrogen-bond acceptors (Lipinski definition) is 3. The van der Waals surface area contributed by atoms with Crippen LogP contribution in [0.5, 0.6) is 5.75 Å². The summed E-state index contributed by atoms with van der Waals surface area (Å²) in [5.41, 5.74) is -0.834. The fourth-order valence-corrected chi connectivity index (χ4v) is 3.62. The van der Waals surface area contributed by atoms with Crippen LogP contribution in [0, 0.1) is 0 Å². The number of amides is 1. The summed E-state index contributed by atoms with van der Waals surface area (Å²) >= 11 is 5.88. The van der Waals surface area contributed by atoms with Gasteiger partial charge in [-0.2, -0.15) is 13.2 Å². The van der Waals surface area contributed by atoms with E-state index in [1.165, 1.54) is 12.1 Å². The van der Waals surface area contributed by atoms with Crippen molar-refractivity contribution in [2.24, 2.45) is 0 Å². The molecule has 168 valence electrons. The van der Waals surface area contributed by atoms with E-state index in [9.17, 15) is 18.0 Å². The maximum Gasteiger partial charge on any atom is 0.416 e. The number of rotatable bonds is 6. The first-order chi connectivity index (χ1) is 14.5. The van der Waals surface area contributed by atoms with Crippen molar-refractivity contribution in [3.8, 4) is 5.75 Å². The van der Waals surface area contributed by atoms with Gasteiger partial charge in [-0.25, -0.2) is 0 Å². The smallest absolute Gasteiger partial charge is 0.416 e. The Balaban J connectivity index is 1.47. The predicted octanol–water partition coefficient (Wildman–Crippen LogP) is 5.30. The van der Waals surface area contributed by atoms with Gasteiger partial charge in [0.25, 0.3) is 5.91 Å². The summed E-state index contributed by atoms with van der Waals surface area (Å²) in [7, 11) is 0. The van der Waals surface area contributed by atoms with Gasteiger partial charge in [-0.15, -0.1) is 0 Å². The largest absolute Gasteiger partial charge is 0.478 e. The normalized spacial score (nSPS) is 16.2. The van der Waals surface area contributed by atoms with Crippen LogP contribution in [0.1, 0.15) is 37.8 Å². The molecule has 0 bridgehead atoms. The topological polar surface area (TPSA) is 41.6 Å². The number of likely N-dealkylation sites (tertiary alicyclic amines) is 1. The molecule has 0 aliphatic carbocycles. The van der Waals surface area contributed by atoms with Crippen LogP contribution in [0.3, 0.4) is 0 Å². The van der Waals surface area contributed by atoms with E-state index in [-0.39, 0.29) is 11.9 Å². The molecule has 8 heteroatoms. The molecule has 3 rings (SSSR count). The van der Waals surface area contributed by atoms with Gasteiger partial charge in [0.2, 0.25) is 0 Å². The molecule has 0 aromatic heterocycles. The second-order valence-corrected chi connectivity index (χ2v) is 8.72. The summed E-state index contributed by atoms with van der Waals surface area (Å²) in [6, 6.07) is 12.2. The average Bonchev–Trinajstić information content (AvgIpc) is 2.71. The van der Waals surface area contributed by atoms with Gasteiger partial charge in [0.1, 0.15) is 5.75 Å². The van der Waals surface area contributed by atoms with E-state index < -0.39 is 17.3 Å². The van der Waals surface area contributed by atoms with Crippen LogP contribution < -0.4 is 10.1 Å². The van der Waals surface area contributed by atoms with Crippen LogP contribution in [-0.2, 0) is 17.5 Å². The monoisotopic (exact) mass is 454 g/mol. The van der Waals surface area contributed by atoms with E-state index in [1.807, 2.05) is 0 Å². The molecule has 2 aromatic rings. The third kappa shape index (κ3) is 6.61. The first-order valence-electron chi connectivity index (χ1n) is 10.2. The molecule has 1 aliphatic rings. The third-order valence-corrected chi connectivity index (χ3v) is 5.60. The highest BCUT2D eigenvalue weighted by Gasteiger charge is 2.33. The number of piperidine rings is 1. The fraction of sp³-hybridized carbons (Fsp3) is 0.435. The first kappa shape index (κ1) is 23.4. The molecule has 0 unspecified atom stereocenters. The summed E-state index contributed by atoms with van der Waals surface area (Å²) in [6.07, 6.45) is -2.78. The van der Waals surface area contributed by atoms with Gasteiger partial charge in [-0.05, 0) is 68.7 Å². The molecule has 2 aromatic carbocycles. The summed E-state index contributed by atoms with van der Waals surface area (Å²) < 4.78 is 43.9. The fourth-order valence-electron chi connectivity index (χ4n) is 3.50. The number of carbonyl (C=O) groups is 1. The molecular formula is C23H26ClF3N2O2. The second-order valence-electron chi connectivity index (χ2n) is 8.28. The minimum absolute atomic E-state index is 0.0319. The Bertz CT molecular complexity index is 875. The van der Waals surface area contributed by atoms with Crippen molar-refractivity contribution in [1.82, 2.24) is 10.2 Å². The predicted molar refractivity (Wildman–Crippen MR) is 114 cm³/mol. The van der Waals surface area contributed by atoms with Crippen molar-refractivity contribution in [3.05, 3.63) is 64.7 Å². The van der Waals surface area contributed by atoms with Crippen molar-refractivity contribution < 1.29 is 22.7 Å². The van der Waals surface area contributed by atoms with Crippen LogP contribution in [0.4, 0.5) is 13.2 Å². The molecule has 0 atom stereocenters. The molecule has 0 spiro atoms. The number of benzene rings is 2. The highest BCUT2D eigenvalue weighted by molar-refractivity contribution is 6.30. The lowest BCUT2D eigenvalue weighted by Gasteiger charge is -2.34. The van der Waals surface area contributed by atoms with Crippen molar-refractivity contribution in [2.45, 2.75) is 51.1 Å². The number of alkyl halides is 3.